The van der Waals surface area contributed by atoms with Gasteiger partial charge in [0, 0.05) is 10.0 Å². The van der Waals surface area contributed by atoms with E-state index in [2.05, 4.69) is 21.2 Å². The zero-order chi connectivity index (χ0) is 14.9. The minimum atomic E-state index is -0.462. The van der Waals surface area contributed by atoms with E-state index in [-0.39, 0.29) is 5.82 Å². The van der Waals surface area contributed by atoms with Crippen molar-refractivity contribution in [2.45, 2.75) is 13.0 Å². The van der Waals surface area contributed by atoms with Crippen LogP contribution < -0.4 is 5.32 Å². The molecule has 0 heterocycles. The van der Waals surface area contributed by atoms with Gasteiger partial charge >= 0.3 is 0 Å². The van der Waals surface area contributed by atoms with Crippen molar-refractivity contribution in [1.29, 1.82) is 0 Å². The number of nitrogens with one attached hydrogen (secondary N) is 1. The van der Waals surface area contributed by atoms with E-state index in [0.717, 1.165) is 0 Å². The highest BCUT2D eigenvalue weighted by Gasteiger charge is 2.19. The Bertz CT molecular complexity index is 646. The largest absolute Gasteiger partial charge is 0.309 e. The summed E-state index contributed by atoms with van der Waals surface area (Å²) in [7, 11) is 1.69. The molecule has 2 rings (SSSR count). The van der Waals surface area contributed by atoms with Gasteiger partial charge in [-0.1, -0.05) is 23.7 Å². The first-order valence-electron chi connectivity index (χ1n) is 6.01. The van der Waals surface area contributed by atoms with Gasteiger partial charge in [0.15, 0.2) is 0 Å². The summed E-state index contributed by atoms with van der Waals surface area (Å²) in [6, 6.07) is 7.25. The Kier molecular flexibility index (Phi) is 4.78. The average Bonchev–Trinajstić information content (AvgIpc) is 2.40. The summed E-state index contributed by atoms with van der Waals surface area (Å²) in [5.74, 6) is -0.715. The van der Waals surface area contributed by atoms with E-state index in [4.69, 9.17) is 11.6 Å². The van der Waals surface area contributed by atoms with Crippen molar-refractivity contribution in [3.8, 4) is 0 Å². The normalized spacial score (nSPS) is 12.5. The van der Waals surface area contributed by atoms with Crippen LogP contribution in [0.15, 0.2) is 34.8 Å². The topological polar surface area (TPSA) is 12.0 Å². The molecule has 5 heteroatoms. The van der Waals surface area contributed by atoms with E-state index in [1.807, 2.05) is 0 Å². The van der Waals surface area contributed by atoms with Crippen molar-refractivity contribution >= 4 is 27.5 Å². The minimum absolute atomic E-state index is 0.314. The molecule has 0 radical (unpaired) electrons. The second-order valence-corrected chi connectivity index (χ2v) is 5.78. The highest BCUT2D eigenvalue weighted by atomic mass is 79.9. The van der Waals surface area contributed by atoms with Gasteiger partial charge in [-0.15, -0.1) is 0 Å². The van der Waals surface area contributed by atoms with Gasteiger partial charge < -0.3 is 5.32 Å². The Balaban J connectivity index is 2.52. The van der Waals surface area contributed by atoms with Gasteiger partial charge in [-0.05, 0) is 59.2 Å². The van der Waals surface area contributed by atoms with E-state index in [9.17, 15) is 8.78 Å². The van der Waals surface area contributed by atoms with Gasteiger partial charge in [0.05, 0.1) is 11.1 Å². The van der Waals surface area contributed by atoms with Gasteiger partial charge in [-0.3, -0.25) is 0 Å². The van der Waals surface area contributed by atoms with Gasteiger partial charge in [0.2, 0.25) is 0 Å². The summed E-state index contributed by atoms with van der Waals surface area (Å²) in [5.41, 5.74) is 1.58. The minimum Gasteiger partial charge on any atom is -0.309 e. The Hall–Kier alpha value is -0.970. The highest BCUT2D eigenvalue weighted by Crippen LogP contribution is 2.32. The van der Waals surface area contributed by atoms with Crippen LogP contribution in [0.2, 0.25) is 5.02 Å². The maximum Gasteiger partial charge on any atom is 0.129 e. The molecule has 1 atom stereocenters. The van der Waals surface area contributed by atoms with Crippen LogP contribution >= 0.6 is 27.5 Å². The van der Waals surface area contributed by atoms with Crippen LogP contribution in [0, 0.1) is 18.6 Å². The second kappa shape index (κ2) is 6.20. The SMILES string of the molecule is CNC(c1ccc(C)c(F)c1)c1cc(Cl)c(Br)cc1F. The van der Waals surface area contributed by atoms with Gasteiger partial charge in [0.25, 0.3) is 0 Å². The monoisotopic (exact) mass is 359 g/mol. The summed E-state index contributed by atoms with van der Waals surface area (Å²) < 4.78 is 28.3. The van der Waals surface area contributed by atoms with E-state index >= 15 is 0 Å². The smallest absolute Gasteiger partial charge is 0.129 e. The molecule has 0 amide bonds. The third-order valence-electron chi connectivity index (χ3n) is 3.17. The third-order valence-corrected chi connectivity index (χ3v) is 4.37. The molecule has 0 aromatic heterocycles. The molecule has 1 N–H and O–H groups in total. The molecule has 0 aliphatic heterocycles. The molecule has 0 fully saturated rings. The number of hydrogen-bond donors (Lipinski definition) is 1. The number of benzene rings is 2. The Morgan fingerprint density at radius 1 is 1.15 bits per heavy atom. The quantitative estimate of drug-likeness (QED) is 0.760. The molecule has 0 aliphatic carbocycles. The van der Waals surface area contributed by atoms with E-state index in [1.54, 1.807) is 32.2 Å². The number of halogens is 4. The summed E-state index contributed by atoms with van der Waals surface area (Å²) in [5, 5.41) is 3.40. The number of hydrogen-bond acceptors (Lipinski definition) is 1. The molecule has 2 aromatic rings. The molecule has 2 aromatic carbocycles. The van der Waals surface area contributed by atoms with Crippen molar-refractivity contribution in [1.82, 2.24) is 5.32 Å². The van der Waals surface area contributed by atoms with Crippen LogP contribution in [-0.2, 0) is 0 Å². The molecule has 0 saturated heterocycles. The average molecular weight is 361 g/mol. The van der Waals surface area contributed by atoms with Crippen LogP contribution in [0.5, 0.6) is 0 Å². The Morgan fingerprint density at radius 2 is 1.85 bits per heavy atom. The maximum atomic E-state index is 14.1. The number of aryl methyl sites for hydroxylation is 1. The lowest BCUT2D eigenvalue weighted by atomic mass is 9.97. The zero-order valence-electron chi connectivity index (χ0n) is 11.0. The lowest BCUT2D eigenvalue weighted by Gasteiger charge is -2.19. The molecule has 0 aliphatic rings. The van der Waals surface area contributed by atoms with Crippen LogP contribution in [0.3, 0.4) is 0 Å². The van der Waals surface area contributed by atoms with Crippen molar-refractivity contribution in [2.75, 3.05) is 7.05 Å². The predicted octanol–water partition coefficient (Wildman–Crippen LogP) is 5.00. The Morgan fingerprint density at radius 3 is 2.45 bits per heavy atom. The maximum absolute atomic E-state index is 14.1. The Labute approximate surface area is 130 Å². The lowest BCUT2D eigenvalue weighted by molar-refractivity contribution is 0.570. The number of rotatable bonds is 3. The first-order valence-corrected chi connectivity index (χ1v) is 7.19. The van der Waals surface area contributed by atoms with E-state index < -0.39 is 11.9 Å². The van der Waals surface area contributed by atoms with Crippen LogP contribution in [-0.4, -0.2) is 7.05 Å². The van der Waals surface area contributed by atoms with E-state index in [0.29, 0.717) is 26.2 Å². The molecule has 106 valence electrons. The first-order chi connectivity index (χ1) is 9.43. The summed E-state index contributed by atoms with van der Waals surface area (Å²) in [6.07, 6.45) is 0. The van der Waals surface area contributed by atoms with E-state index in [1.165, 1.54) is 12.1 Å². The molecular formula is C15H13BrClF2N. The van der Waals surface area contributed by atoms with Crippen molar-refractivity contribution < 1.29 is 8.78 Å². The van der Waals surface area contributed by atoms with Crippen LogP contribution in [0.25, 0.3) is 0 Å². The molecule has 0 spiro atoms. The first kappa shape index (κ1) is 15.4. The van der Waals surface area contributed by atoms with Gasteiger partial charge in [-0.25, -0.2) is 8.78 Å². The van der Waals surface area contributed by atoms with Crippen molar-refractivity contribution in [2.24, 2.45) is 0 Å². The van der Waals surface area contributed by atoms with Gasteiger partial charge in [0.1, 0.15) is 11.6 Å². The lowest BCUT2D eigenvalue weighted by Crippen LogP contribution is -2.19. The molecule has 1 unspecified atom stereocenters. The molecule has 20 heavy (non-hydrogen) atoms. The van der Waals surface area contributed by atoms with Crippen LogP contribution in [0.1, 0.15) is 22.7 Å². The van der Waals surface area contributed by atoms with Crippen molar-refractivity contribution in [3.63, 3.8) is 0 Å². The fraction of sp³-hybridized carbons (Fsp3) is 0.200. The molecular weight excluding hydrogens is 348 g/mol. The predicted molar refractivity (Wildman–Crippen MR) is 81.1 cm³/mol. The molecule has 0 saturated carbocycles. The zero-order valence-corrected chi connectivity index (χ0v) is 13.3. The fourth-order valence-electron chi connectivity index (χ4n) is 2.05. The molecule has 0 bridgehead atoms. The summed E-state index contributed by atoms with van der Waals surface area (Å²) in [4.78, 5) is 0. The second-order valence-electron chi connectivity index (χ2n) is 4.52. The summed E-state index contributed by atoms with van der Waals surface area (Å²) in [6.45, 7) is 1.69. The third kappa shape index (κ3) is 3.03. The van der Waals surface area contributed by atoms with Gasteiger partial charge in [-0.2, -0.15) is 0 Å². The fourth-order valence-corrected chi connectivity index (χ4v) is 2.54. The summed E-state index contributed by atoms with van der Waals surface area (Å²) >= 11 is 9.19. The van der Waals surface area contributed by atoms with Crippen molar-refractivity contribution in [3.05, 3.63) is 68.2 Å². The van der Waals surface area contributed by atoms with Crippen LogP contribution in [0.4, 0.5) is 8.78 Å². The highest BCUT2D eigenvalue weighted by molar-refractivity contribution is 9.10. The molecule has 1 nitrogen and oxygen atoms in total. The standard InChI is InChI=1S/C15H13BrClF2N/c1-8-3-4-9(5-13(8)18)15(20-2)10-6-12(17)11(16)7-14(10)19/h3-7,15,20H,1-2H3.